The van der Waals surface area contributed by atoms with Crippen LogP contribution in [0.3, 0.4) is 0 Å². The van der Waals surface area contributed by atoms with E-state index in [1.165, 1.54) is 0 Å². The van der Waals surface area contributed by atoms with Crippen molar-refractivity contribution in [3.8, 4) is 5.75 Å². The van der Waals surface area contributed by atoms with Crippen molar-refractivity contribution in [3.63, 3.8) is 0 Å². The Morgan fingerprint density at radius 1 is 0.964 bits per heavy atom. The van der Waals surface area contributed by atoms with Gasteiger partial charge in [-0.05, 0) is 49.9 Å². The molecule has 0 radical (unpaired) electrons. The van der Waals surface area contributed by atoms with E-state index < -0.39 is 24.5 Å². The summed E-state index contributed by atoms with van der Waals surface area (Å²) in [4.78, 5) is 10.8. The van der Waals surface area contributed by atoms with Gasteiger partial charge in [-0.25, -0.2) is 4.79 Å². The molecule has 28 heavy (non-hydrogen) atoms. The van der Waals surface area contributed by atoms with Crippen molar-refractivity contribution in [3.05, 3.63) is 29.8 Å². The lowest BCUT2D eigenvalue weighted by atomic mass is 10.1. The van der Waals surface area contributed by atoms with Crippen LogP contribution in [-0.4, -0.2) is 51.6 Å². The summed E-state index contributed by atoms with van der Waals surface area (Å²) in [5.41, 5.74) is 0.256. The van der Waals surface area contributed by atoms with Crippen LogP contribution in [0.1, 0.15) is 75.1 Å². The van der Waals surface area contributed by atoms with Crippen molar-refractivity contribution in [2.45, 2.75) is 83.3 Å². The van der Waals surface area contributed by atoms with E-state index >= 15 is 0 Å². The highest BCUT2D eigenvalue weighted by molar-refractivity contribution is 5.87. The summed E-state index contributed by atoms with van der Waals surface area (Å²) >= 11 is 0. The summed E-state index contributed by atoms with van der Waals surface area (Å²) in [6, 6.07) is 5.94. The molecule has 0 bridgehead atoms. The Bertz CT molecular complexity index is 534. The SMILES string of the molecule is CCC(NC(O)CCCCCCCCCOc1ccc(C(=O)O)cc1)C(O)O. The lowest BCUT2D eigenvalue weighted by Gasteiger charge is -2.22. The second-order valence-corrected chi connectivity index (χ2v) is 7.05. The van der Waals surface area contributed by atoms with Gasteiger partial charge in [0.05, 0.1) is 18.2 Å². The molecule has 0 aromatic heterocycles. The molecule has 1 aromatic carbocycles. The third kappa shape index (κ3) is 10.6. The molecule has 0 spiro atoms. The van der Waals surface area contributed by atoms with Gasteiger partial charge in [0.15, 0.2) is 6.29 Å². The predicted octanol–water partition coefficient (Wildman–Crippen LogP) is 2.88. The Morgan fingerprint density at radius 3 is 2.07 bits per heavy atom. The quantitative estimate of drug-likeness (QED) is 0.215. The molecule has 0 aliphatic rings. The summed E-state index contributed by atoms with van der Waals surface area (Å²) < 4.78 is 5.61. The molecule has 1 rings (SSSR count). The van der Waals surface area contributed by atoms with Crippen LogP contribution in [0.2, 0.25) is 0 Å². The number of unbranched alkanes of at least 4 members (excludes halogenated alkanes) is 6. The summed E-state index contributed by atoms with van der Waals surface area (Å²) in [6.07, 6.45) is 6.40. The van der Waals surface area contributed by atoms with Gasteiger partial charge in [-0.3, -0.25) is 5.32 Å². The van der Waals surface area contributed by atoms with E-state index in [1.807, 2.05) is 6.92 Å². The lowest BCUT2D eigenvalue weighted by Crippen LogP contribution is -2.45. The van der Waals surface area contributed by atoms with Crippen LogP contribution < -0.4 is 10.1 Å². The standard InChI is InChI=1S/C21H35NO6/c1-2-18(21(26)27)22-19(23)10-8-6-4-3-5-7-9-15-28-17-13-11-16(12-14-17)20(24)25/h11-14,18-19,21-23,26-27H,2-10,15H2,1H3,(H,24,25). The molecule has 1 aromatic rings. The second kappa shape index (κ2) is 14.3. The van der Waals surface area contributed by atoms with E-state index in [-0.39, 0.29) is 5.56 Å². The molecule has 160 valence electrons. The van der Waals surface area contributed by atoms with Crippen molar-refractivity contribution in [1.82, 2.24) is 5.32 Å². The highest BCUT2D eigenvalue weighted by atomic mass is 16.5. The Kier molecular flexibility index (Phi) is 12.5. The maximum atomic E-state index is 10.8. The number of hydrogen-bond acceptors (Lipinski definition) is 6. The van der Waals surface area contributed by atoms with Crippen LogP contribution >= 0.6 is 0 Å². The van der Waals surface area contributed by atoms with Gasteiger partial charge in [-0.15, -0.1) is 0 Å². The predicted molar refractivity (Wildman–Crippen MR) is 107 cm³/mol. The molecule has 0 aliphatic heterocycles. The first-order valence-electron chi connectivity index (χ1n) is 10.2. The Hall–Kier alpha value is -1.67. The van der Waals surface area contributed by atoms with Crippen molar-refractivity contribution in [1.29, 1.82) is 0 Å². The molecular formula is C21H35NO6. The number of carbonyl (C=O) groups is 1. The zero-order valence-corrected chi connectivity index (χ0v) is 16.7. The number of aliphatic hydroxyl groups excluding tert-OH is 2. The molecule has 0 aliphatic carbocycles. The lowest BCUT2D eigenvalue weighted by molar-refractivity contribution is -0.0800. The molecule has 0 fully saturated rings. The number of ether oxygens (including phenoxy) is 1. The van der Waals surface area contributed by atoms with Crippen LogP contribution in [0.15, 0.2) is 24.3 Å². The van der Waals surface area contributed by atoms with E-state index in [9.17, 15) is 9.90 Å². The highest BCUT2D eigenvalue weighted by Gasteiger charge is 2.17. The van der Waals surface area contributed by atoms with Crippen LogP contribution in [0.25, 0.3) is 0 Å². The first-order chi connectivity index (χ1) is 13.4. The van der Waals surface area contributed by atoms with Gasteiger partial charge in [0.25, 0.3) is 0 Å². The van der Waals surface area contributed by atoms with E-state index in [0.717, 1.165) is 44.9 Å². The Labute approximate surface area is 167 Å². The number of rotatable bonds is 16. The molecule has 7 nitrogen and oxygen atoms in total. The minimum Gasteiger partial charge on any atom is -0.494 e. The van der Waals surface area contributed by atoms with Gasteiger partial charge in [-0.1, -0.05) is 39.0 Å². The zero-order valence-electron chi connectivity index (χ0n) is 16.7. The molecule has 0 amide bonds. The Balaban J connectivity index is 1.95. The van der Waals surface area contributed by atoms with Gasteiger partial charge in [-0.2, -0.15) is 0 Å². The second-order valence-electron chi connectivity index (χ2n) is 7.05. The smallest absolute Gasteiger partial charge is 0.335 e. The minimum atomic E-state index is -1.45. The monoisotopic (exact) mass is 397 g/mol. The average molecular weight is 398 g/mol. The zero-order chi connectivity index (χ0) is 20.8. The number of aliphatic hydroxyl groups is 3. The molecule has 2 atom stereocenters. The van der Waals surface area contributed by atoms with E-state index in [4.69, 9.17) is 20.1 Å². The number of hydrogen-bond donors (Lipinski definition) is 5. The highest BCUT2D eigenvalue weighted by Crippen LogP contribution is 2.14. The van der Waals surface area contributed by atoms with Gasteiger partial charge < -0.3 is 25.2 Å². The van der Waals surface area contributed by atoms with Crippen LogP contribution in [0, 0.1) is 0 Å². The molecule has 0 saturated heterocycles. The summed E-state index contributed by atoms with van der Waals surface area (Å²) in [6.45, 7) is 2.46. The van der Waals surface area contributed by atoms with Crippen molar-refractivity contribution < 1.29 is 30.0 Å². The number of carboxylic acid groups (broad SMARTS) is 1. The summed E-state index contributed by atoms with van der Waals surface area (Å²) in [5, 5.41) is 39.8. The van der Waals surface area contributed by atoms with Crippen molar-refractivity contribution in [2.24, 2.45) is 0 Å². The van der Waals surface area contributed by atoms with E-state index in [2.05, 4.69) is 5.32 Å². The fourth-order valence-electron chi connectivity index (χ4n) is 2.95. The number of carboxylic acids is 1. The van der Waals surface area contributed by atoms with Gasteiger partial charge in [0.2, 0.25) is 0 Å². The summed E-state index contributed by atoms with van der Waals surface area (Å²) in [5.74, 6) is -0.248. The van der Waals surface area contributed by atoms with Crippen LogP contribution in [-0.2, 0) is 0 Å². The molecule has 5 N–H and O–H groups in total. The van der Waals surface area contributed by atoms with E-state index in [0.29, 0.717) is 25.2 Å². The van der Waals surface area contributed by atoms with E-state index in [1.54, 1.807) is 24.3 Å². The third-order valence-electron chi connectivity index (χ3n) is 4.70. The van der Waals surface area contributed by atoms with Gasteiger partial charge in [0.1, 0.15) is 12.0 Å². The van der Waals surface area contributed by atoms with Crippen molar-refractivity contribution >= 4 is 5.97 Å². The molecule has 7 heteroatoms. The third-order valence-corrected chi connectivity index (χ3v) is 4.70. The van der Waals surface area contributed by atoms with Crippen LogP contribution in [0.4, 0.5) is 0 Å². The fourth-order valence-corrected chi connectivity index (χ4v) is 2.95. The maximum Gasteiger partial charge on any atom is 0.335 e. The average Bonchev–Trinajstić information content (AvgIpc) is 2.67. The van der Waals surface area contributed by atoms with Crippen molar-refractivity contribution in [2.75, 3.05) is 6.61 Å². The molecule has 0 heterocycles. The first-order valence-corrected chi connectivity index (χ1v) is 10.2. The summed E-state index contributed by atoms with van der Waals surface area (Å²) in [7, 11) is 0. The fraction of sp³-hybridized carbons (Fsp3) is 0.667. The molecule has 0 saturated carbocycles. The molecule has 2 unspecified atom stereocenters. The molecular weight excluding hydrogens is 362 g/mol. The van der Waals surface area contributed by atoms with Crippen LogP contribution in [0.5, 0.6) is 5.75 Å². The maximum absolute atomic E-state index is 10.8. The minimum absolute atomic E-state index is 0.256. The number of nitrogens with one attached hydrogen (secondary N) is 1. The van der Waals surface area contributed by atoms with Gasteiger partial charge >= 0.3 is 5.97 Å². The topological polar surface area (TPSA) is 119 Å². The number of aromatic carboxylic acids is 1. The largest absolute Gasteiger partial charge is 0.494 e. The number of benzene rings is 1. The normalized spacial score (nSPS) is 13.5. The first kappa shape index (κ1) is 24.4. The van der Waals surface area contributed by atoms with Gasteiger partial charge in [0, 0.05) is 0 Å². The Morgan fingerprint density at radius 2 is 1.54 bits per heavy atom.